The van der Waals surface area contributed by atoms with Crippen molar-refractivity contribution in [3.63, 3.8) is 0 Å². The van der Waals surface area contributed by atoms with Crippen molar-refractivity contribution in [2.24, 2.45) is 0 Å². The van der Waals surface area contributed by atoms with E-state index in [0.717, 1.165) is 37.1 Å². The second kappa shape index (κ2) is 11.5. The first-order valence-electron chi connectivity index (χ1n) is 11.3. The van der Waals surface area contributed by atoms with Crippen LogP contribution in [0.1, 0.15) is 37.7 Å². The first-order valence-corrected chi connectivity index (χ1v) is 11.3. The minimum Gasteiger partial charge on any atom is -0.494 e. The maximum atomic E-state index is 13.1. The maximum Gasteiger partial charge on any atom is 0.315 e. The van der Waals surface area contributed by atoms with Gasteiger partial charge >= 0.3 is 6.03 Å². The summed E-state index contributed by atoms with van der Waals surface area (Å²) in [4.78, 5) is 27.8. The van der Waals surface area contributed by atoms with Crippen LogP contribution >= 0.6 is 0 Å². The summed E-state index contributed by atoms with van der Waals surface area (Å²) >= 11 is 0. The summed E-state index contributed by atoms with van der Waals surface area (Å²) in [5, 5.41) is 8.77. The van der Waals surface area contributed by atoms with E-state index in [2.05, 4.69) is 20.9 Å². The fraction of sp³-hybridized carbons (Fsp3) is 0.440. The van der Waals surface area contributed by atoms with Crippen LogP contribution in [0.15, 0.2) is 54.6 Å². The van der Waals surface area contributed by atoms with Crippen LogP contribution in [0.2, 0.25) is 0 Å². The molecule has 0 unspecified atom stereocenters. The molecule has 3 amide bonds. The van der Waals surface area contributed by atoms with Crippen molar-refractivity contribution in [3.8, 4) is 5.75 Å². The van der Waals surface area contributed by atoms with Crippen LogP contribution < -0.4 is 20.7 Å². The van der Waals surface area contributed by atoms with Crippen LogP contribution in [0.3, 0.4) is 0 Å². The molecule has 3 rings (SSSR count). The van der Waals surface area contributed by atoms with Gasteiger partial charge in [-0.15, -0.1) is 0 Å². The summed E-state index contributed by atoms with van der Waals surface area (Å²) in [5.74, 6) is 0.597. The highest BCUT2D eigenvalue weighted by atomic mass is 16.5. The van der Waals surface area contributed by atoms with Gasteiger partial charge in [0.2, 0.25) is 5.91 Å². The monoisotopic (exact) mass is 438 g/mol. The van der Waals surface area contributed by atoms with E-state index in [0.29, 0.717) is 31.7 Å². The molecule has 0 radical (unpaired) electrons. The van der Waals surface area contributed by atoms with Gasteiger partial charge in [0.25, 0.3) is 0 Å². The van der Waals surface area contributed by atoms with Crippen LogP contribution in [-0.2, 0) is 11.3 Å². The quantitative estimate of drug-likeness (QED) is 0.493. The van der Waals surface area contributed by atoms with Crippen molar-refractivity contribution < 1.29 is 14.3 Å². The van der Waals surface area contributed by atoms with Crippen molar-refractivity contribution >= 4 is 17.6 Å². The van der Waals surface area contributed by atoms with Gasteiger partial charge in [0.15, 0.2) is 0 Å². The lowest BCUT2D eigenvalue weighted by Crippen LogP contribution is -2.57. The molecular formula is C25H34N4O3. The van der Waals surface area contributed by atoms with E-state index >= 15 is 0 Å². The van der Waals surface area contributed by atoms with Gasteiger partial charge < -0.3 is 25.6 Å². The van der Waals surface area contributed by atoms with Gasteiger partial charge in [-0.1, -0.05) is 43.2 Å². The minimum atomic E-state index is -0.887. The topological polar surface area (TPSA) is 82.7 Å². The summed E-state index contributed by atoms with van der Waals surface area (Å²) in [5.41, 5.74) is 0.812. The van der Waals surface area contributed by atoms with Gasteiger partial charge in [0.1, 0.15) is 11.3 Å². The van der Waals surface area contributed by atoms with E-state index < -0.39 is 5.54 Å². The SMILES string of the molecule is CN(C)CCCOc1ccc(NC(=O)C2(NC(=O)NCc3ccccc3)CCCC2)cc1. The number of urea groups is 1. The van der Waals surface area contributed by atoms with E-state index in [1.807, 2.05) is 68.7 Å². The molecule has 172 valence electrons. The Morgan fingerprint density at radius 1 is 1.00 bits per heavy atom. The smallest absolute Gasteiger partial charge is 0.315 e. The lowest BCUT2D eigenvalue weighted by Gasteiger charge is -2.29. The highest BCUT2D eigenvalue weighted by molar-refractivity contribution is 6.00. The fourth-order valence-electron chi connectivity index (χ4n) is 3.88. The molecule has 0 bridgehead atoms. The van der Waals surface area contributed by atoms with Gasteiger partial charge in [0.05, 0.1) is 6.61 Å². The zero-order valence-corrected chi connectivity index (χ0v) is 19.0. The summed E-state index contributed by atoms with van der Waals surface area (Å²) in [6.07, 6.45) is 4.03. The number of nitrogens with zero attached hydrogens (tertiary/aromatic N) is 1. The zero-order chi connectivity index (χ0) is 22.8. The van der Waals surface area contributed by atoms with Gasteiger partial charge in [-0.2, -0.15) is 0 Å². The Hall–Kier alpha value is -3.06. The van der Waals surface area contributed by atoms with Crippen LogP contribution in [0, 0.1) is 0 Å². The number of carbonyl (C=O) groups excluding carboxylic acids is 2. The molecule has 1 fully saturated rings. The highest BCUT2D eigenvalue weighted by Gasteiger charge is 2.42. The summed E-state index contributed by atoms with van der Waals surface area (Å²) in [6, 6.07) is 16.7. The Labute approximate surface area is 190 Å². The number of benzene rings is 2. The number of nitrogens with one attached hydrogen (secondary N) is 3. The molecule has 1 saturated carbocycles. The van der Waals surface area contributed by atoms with Crippen molar-refractivity contribution in [1.29, 1.82) is 0 Å². The summed E-state index contributed by atoms with van der Waals surface area (Å²) < 4.78 is 5.75. The molecular weight excluding hydrogens is 404 g/mol. The van der Waals surface area contributed by atoms with E-state index in [4.69, 9.17) is 4.74 Å². The average molecular weight is 439 g/mol. The third kappa shape index (κ3) is 6.99. The number of rotatable bonds is 10. The molecule has 0 aliphatic heterocycles. The molecule has 1 aliphatic rings. The number of anilines is 1. The van der Waals surface area contributed by atoms with Crippen LogP contribution in [-0.4, -0.2) is 49.6 Å². The first-order chi connectivity index (χ1) is 15.5. The van der Waals surface area contributed by atoms with Gasteiger partial charge in [-0.25, -0.2) is 4.79 Å². The second-order valence-corrected chi connectivity index (χ2v) is 8.57. The molecule has 3 N–H and O–H groups in total. The molecule has 0 aromatic heterocycles. The van der Waals surface area contributed by atoms with E-state index in [9.17, 15) is 9.59 Å². The first kappa shape index (κ1) is 23.6. The molecule has 32 heavy (non-hydrogen) atoms. The fourth-order valence-corrected chi connectivity index (χ4v) is 3.88. The van der Waals surface area contributed by atoms with Gasteiger partial charge in [-0.3, -0.25) is 4.79 Å². The van der Waals surface area contributed by atoms with Crippen LogP contribution in [0.25, 0.3) is 0 Å². The Morgan fingerprint density at radius 2 is 1.69 bits per heavy atom. The van der Waals surface area contributed by atoms with Gasteiger partial charge in [0, 0.05) is 18.8 Å². The van der Waals surface area contributed by atoms with Crippen molar-refractivity contribution in [2.75, 3.05) is 32.6 Å². The molecule has 0 heterocycles. The molecule has 0 spiro atoms. The zero-order valence-electron chi connectivity index (χ0n) is 19.0. The molecule has 1 aliphatic carbocycles. The lowest BCUT2D eigenvalue weighted by molar-refractivity contribution is -0.121. The van der Waals surface area contributed by atoms with Crippen molar-refractivity contribution in [3.05, 3.63) is 60.2 Å². The molecule has 7 nitrogen and oxygen atoms in total. The van der Waals surface area contributed by atoms with Crippen LogP contribution in [0.4, 0.5) is 10.5 Å². The van der Waals surface area contributed by atoms with Crippen LogP contribution in [0.5, 0.6) is 5.75 Å². The Balaban J connectivity index is 1.52. The minimum absolute atomic E-state index is 0.176. The molecule has 2 aromatic rings. The van der Waals surface area contributed by atoms with Crippen molar-refractivity contribution in [2.45, 2.75) is 44.2 Å². The number of carbonyl (C=O) groups is 2. The molecule has 0 atom stereocenters. The molecule has 7 heteroatoms. The summed E-state index contributed by atoms with van der Waals surface area (Å²) in [7, 11) is 4.08. The number of ether oxygens (including phenoxy) is 1. The number of amides is 3. The average Bonchev–Trinajstić information content (AvgIpc) is 3.27. The van der Waals surface area contributed by atoms with Gasteiger partial charge in [-0.05, 0) is 63.2 Å². The number of hydrogen-bond donors (Lipinski definition) is 3. The van der Waals surface area contributed by atoms with E-state index in [-0.39, 0.29) is 11.9 Å². The highest BCUT2D eigenvalue weighted by Crippen LogP contribution is 2.31. The Bertz CT molecular complexity index is 863. The predicted molar refractivity (Wildman–Crippen MR) is 127 cm³/mol. The third-order valence-corrected chi connectivity index (χ3v) is 5.67. The molecule has 2 aromatic carbocycles. The van der Waals surface area contributed by atoms with Crippen molar-refractivity contribution in [1.82, 2.24) is 15.5 Å². The molecule has 0 saturated heterocycles. The number of hydrogen-bond acceptors (Lipinski definition) is 4. The Kier molecular flexibility index (Phi) is 8.50. The van der Waals surface area contributed by atoms with E-state index in [1.54, 1.807) is 0 Å². The predicted octanol–water partition coefficient (Wildman–Crippen LogP) is 3.77. The summed E-state index contributed by atoms with van der Waals surface area (Å²) in [6.45, 7) is 2.04. The lowest BCUT2D eigenvalue weighted by atomic mass is 9.96. The largest absolute Gasteiger partial charge is 0.494 e. The Morgan fingerprint density at radius 3 is 2.34 bits per heavy atom. The maximum absolute atomic E-state index is 13.1. The standard InChI is InChI=1S/C25H34N4O3/c1-29(2)17-8-18-32-22-13-11-21(12-14-22)27-23(30)25(15-6-7-16-25)28-24(31)26-19-20-9-4-3-5-10-20/h3-5,9-14H,6-8,15-19H2,1-2H3,(H,27,30)(H2,26,28,31). The van der Waals surface area contributed by atoms with E-state index in [1.165, 1.54) is 0 Å². The normalized spacial score (nSPS) is 14.7. The third-order valence-electron chi connectivity index (χ3n) is 5.67. The second-order valence-electron chi connectivity index (χ2n) is 8.57.